The van der Waals surface area contributed by atoms with Crippen molar-refractivity contribution >= 4 is 0 Å². The third-order valence-corrected chi connectivity index (χ3v) is 4.99. The Hall–Kier alpha value is -1.83. The predicted molar refractivity (Wildman–Crippen MR) is 105 cm³/mol. The Balaban J connectivity index is 2.64. The zero-order chi connectivity index (χ0) is 18.8. The highest BCUT2D eigenvalue weighted by atomic mass is 19.1. The lowest BCUT2D eigenvalue weighted by molar-refractivity contribution is 0.340. The number of halogens is 1. The van der Waals surface area contributed by atoms with E-state index in [1.54, 1.807) is 19.2 Å². The fourth-order valence-corrected chi connectivity index (χ4v) is 3.12. The number of hydrogen-bond donors (Lipinski definition) is 0. The summed E-state index contributed by atoms with van der Waals surface area (Å²) in [5.41, 5.74) is 4.19. The van der Waals surface area contributed by atoms with Gasteiger partial charge in [0.1, 0.15) is 11.6 Å². The van der Waals surface area contributed by atoms with Gasteiger partial charge in [-0.2, -0.15) is 0 Å². The van der Waals surface area contributed by atoms with Crippen LogP contribution in [0.1, 0.15) is 58.6 Å². The molecule has 0 fully saturated rings. The van der Waals surface area contributed by atoms with Gasteiger partial charge in [-0.1, -0.05) is 59.7 Å². The highest BCUT2D eigenvalue weighted by Gasteiger charge is 2.25. The zero-order valence-corrected chi connectivity index (χ0v) is 16.6. The molecule has 0 radical (unpaired) electrons. The normalized spacial score (nSPS) is 13.2. The van der Waals surface area contributed by atoms with Crippen LogP contribution >= 0.6 is 0 Å². The molecule has 0 bridgehead atoms. The molecule has 0 saturated carbocycles. The lowest BCUT2D eigenvalue weighted by Crippen LogP contribution is -2.16. The van der Waals surface area contributed by atoms with Crippen molar-refractivity contribution in [3.8, 4) is 16.9 Å². The van der Waals surface area contributed by atoms with Crippen LogP contribution in [0, 0.1) is 17.2 Å². The average molecular weight is 342 g/mol. The first kappa shape index (κ1) is 19.5. The molecular formula is C23H31FO. The minimum absolute atomic E-state index is 0.0978. The summed E-state index contributed by atoms with van der Waals surface area (Å²) >= 11 is 0. The molecule has 0 amide bonds. The van der Waals surface area contributed by atoms with E-state index in [0.717, 1.165) is 12.0 Å². The average Bonchev–Trinajstić information content (AvgIpc) is 2.53. The Labute approximate surface area is 152 Å². The van der Waals surface area contributed by atoms with Crippen molar-refractivity contribution in [3.05, 3.63) is 53.3 Å². The topological polar surface area (TPSA) is 9.23 Å². The van der Waals surface area contributed by atoms with Gasteiger partial charge in [0, 0.05) is 5.56 Å². The van der Waals surface area contributed by atoms with E-state index in [9.17, 15) is 4.39 Å². The van der Waals surface area contributed by atoms with Crippen molar-refractivity contribution < 1.29 is 9.13 Å². The number of benzene rings is 2. The van der Waals surface area contributed by atoms with E-state index in [2.05, 4.69) is 59.7 Å². The monoisotopic (exact) mass is 342 g/mol. The minimum atomic E-state index is -0.209. The van der Waals surface area contributed by atoms with Crippen molar-refractivity contribution in [2.75, 3.05) is 7.11 Å². The van der Waals surface area contributed by atoms with Crippen LogP contribution in [0.2, 0.25) is 0 Å². The highest BCUT2D eigenvalue weighted by molar-refractivity contribution is 5.70. The standard InChI is InChI=1S/C23H31FO/c1-15(2)12-17-8-10-19(20(13-17)16(3)23(4,5)6)21-14-18(25-7)9-11-22(21)24/h8-11,13-16H,12H2,1-7H3/t16-/m1/s1. The van der Waals surface area contributed by atoms with E-state index in [1.807, 2.05) is 0 Å². The maximum atomic E-state index is 14.6. The van der Waals surface area contributed by atoms with Crippen LogP contribution in [0.5, 0.6) is 5.75 Å². The predicted octanol–water partition coefficient (Wildman–Crippen LogP) is 6.85. The van der Waals surface area contributed by atoms with Gasteiger partial charge in [0.25, 0.3) is 0 Å². The molecule has 2 heteroatoms. The molecule has 0 saturated heterocycles. The lowest BCUT2D eigenvalue weighted by Gasteiger charge is -2.30. The molecule has 0 aromatic heterocycles. The van der Waals surface area contributed by atoms with Crippen LogP contribution in [0.15, 0.2) is 36.4 Å². The van der Waals surface area contributed by atoms with E-state index in [0.29, 0.717) is 23.1 Å². The van der Waals surface area contributed by atoms with Crippen LogP contribution in [-0.2, 0) is 6.42 Å². The van der Waals surface area contributed by atoms with Gasteiger partial charge >= 0.3 is 0 Å². The Morgan fingerprint density at radius 3 is 2.20 bits per heavy atom. The molecule has 0 aliphatic rings. The minimum Gasteiger partial charge on any atom is -0.497 e. The van der Waals surface area contributed by atoms with E-state index >= 15 is 0 Å². The summed E-state index contributed by atoms with van der Waals surface area (Å²) < 4.78 is 19.9. The molecule has 136 valence electrons. The second-order valence-corrected chi connectivity index (χ2v) is 8.45. The quantitative estimate of drug-likeness (QED) is 0.577. The Morgan fingerprint density at radius 2 is 1.64 bits per heavy atom. The van der Waals surface area contributed by atoms with Crippen LogP contribution in [0.3, 0.4) is 0 Å². The summed E-state index contributed by atoms with van der Waals surface area (Å²) in [5, 5.41) is 0. The summed E-state index contributed by atoms with van der Waals surface area (Å²) in [5.74, 6) is 1.37. The first-order valence-electron chi connectivity index (χ1n) is 9.10. The maximum absolute atomic E-state index is 14.6. The molecule has 0 unspecified atom stereocenters. The number of hydrogen-bond acceptors (Lipinski definition) is 1. The van der Waals surface area contributed by atoms with Crippen molar-refractivity contribution in [3.63, 3.8) is 0 Å². The van der Waals surface area contributed by atoms with Crippen molar-refractivity contribution in [1.82, 2.24) is 0 Å². The van der Waals surface area contributed by atoms with Crippen molar-refractivity contribution in [2.24, 2.45) is 11.3 Å². The Bertz CT molecular complexity index is 725. The summed E-state index contributed by atoms with van der Waals surface area (Å²) in [4.78, 5) is 0. The summed E-state index contributed by atoms with van der Waals surface area (Å²) in [6.07, 6.45) is 1.03. The number of methoxy groups -OCH3 is 1. The second-order valence-electron chi connectivity index (χ2n) is 8.45. The Kier molecular flexibility index (Phi) is 5.92. The Morgan fingerprint density at radius 1 is 0.960 bits per heavy atom. The molecule has 0 heterocycles. The molecule has 2 aromatic carbocycles. The van der Waals surface area contributed by atoms with Gasteiger partial charge in [-0.25, -0.2) is 4.39 Å². The fourth-order valence-electron chi connectivity index (χ4n) is 3.12. The largest absolute Gasteiger partial charge is 0.497 e. The number of ether oxygens (including phenoxy) is 1. The van der Waals surface area contributed by atoms with Crippen molar-refractivity contribution in [1.29, 1.82) is 0 Å². The molecule has 0 aliphatic heterocycles. The third kappa shape index (κ3) is 4.62. The molecule has 2 rings (SSSR count). The molecule has 0 N–H and O–H groups in total. The van der Waals surface area contributed by atoms with E-state index in [1.165, 1.54) is 17.2 Å². The van der Waals surface area contributed by atoms with Crippen LogP contribution < -0.4 is 4.74 Å². The fraction of sp³-hybridized carbons (Fsp3) is 0.478. The molecule has 0 spiro atoms. The zero-order valence-electron chi connectivity index (χ0n) is 16.6. The van der Waals surface area contributed by atoms with Gasteiger partial charge in [0.05, 0.1) is 7.11 Å². The first-order chi connectivity index (χ1) is 11.6. The van der Waals surface area contributed by atoms with Gasteiger partial charge in [0.2, 0.25) is 0 Å². The lowest BCUT2D eigenvalue weighted by atomic mass is 9.75. The van der Waals surface area contributed by atoms with E-state index < -0.39 is 0 Å². The molecule has 1 nitrogen and oxygen atoms in total. The van der Waals surface area contributed by atoms with Crippen LogP contribution in [0.4, 0.5) is 4.39 Å². The molecule has 2 aromatic rings. The second kappa shape index (κ2) is 7.59. The highest BCUT2D eigenvalue weighted by Crippen LogP contribution is 2.41. The smallest absolute Gasteiger partial charge is 0.131 e. The summed E-state index contributed by atoms with van der Waals surface area (Å²) in [7, 11) is 1.61. The van der Waals surface area contributed by atoms with Crippen molar-refractivity contribution in [2.45, 2.75) is 53.9 Å². The van der Waals surface area contributed by atoms with Gasteiger partial charge in [-0.3, -0.25) is 0 Å². The maximum Gasteiger partial charge on any atom is 0.131 e. The molecule has 25 heavy (non-hydrogen) atoms. The molecule has 0 aliphatic carbocycles. The summed E-state index contributed by atoms with van der Waals surface area (Å²) in [6, 6.07) is 11.4. The first-order valence-corrected chi connectivity index (χ1v) is 9.10. The van der Waals surface area contributed by atoms with Crippen LogP contribution in [-0.4, -0.2) is 7.11 Å². The van der Waals surface area contributed by atoms with Crippen LogP contribution in [0.25, 0.3) is 11.1 Å². The van der Waals surface area contributed by atoms with E-state index in [-0.39, 0.29) is 11.2 Å². The van der Waals surface area contributed by atoms with Gasteiger partial charge in [-0.15, -0.1) is 0 Å². The SMILES string of the molecule is COc1ccc(F)c(-c2ccc(CC(C)C)cc2[C@@H](C)C(C)(C)C)c1. The summed E-state index contributed by atoms with van der Waals surface area (Å²) in [6.45, 7) is 13.4. The van der Waals surface area contributed by atoms with Gasteiger partial charge in [-0.05, 0) is 58.6 Å². The van der Waals surface area contributed by atoms with E-state index in [4.69, 9.17) is 4.74 Å². The molecular weight excluding hydrogens is 311 g/mol. The molecule has 1 atom stereocenters. The van der Waals surface area contributed by atoms with Gasteiger partial charge in [0.15, 0.2) is 0 Å². The number of rotatable bonds is 5. The van der Waals surface area contributed by atoms with Gasteiger partial charge < -0.3 is 4.74 Å². The third-order valence-electron chi connectivity index (χ3n) is 4.99.